The van der Waals surface area contributed by atoms with Gasteiger partial charge in [0.15, 0.2) is 0 Å². The SMILES string of the molecule is Cc1nc(N(N)c2ccccn2)nc(=O)n1-c1ccccc1Cl. The van der Waals surface area contributed by atoms with Crippen LogP contribution in [0.1, 0.15) is 5.82 Å². The summed E-state index contributed by atoms with van der Waals surface area (Å²) in [5.41, 5.74) is -0.00314. The predicted molar refractivity (Wildman–Crippen MR) is 87.9 cm³/mol. The van der Waals surface area contributed by atoms with Gasteiger partial charge in [-0.05, 0) is 31.2 Å². The highest BCUT2D eigenvalue weighted by Gasteiger charge is 2.15. The van der Waals surface area contributed by atoms with Gasteiger partial charge < -0.3 is 0 Å². The first-order chi connectivity index (χ1) is 11.1. The number of benzene rings is 1. The van der Waals surface area contributed by atoms with Crippen molar-refractivity contribution in [3.8, 4) is 5.69 Å². The molecule has 0 radical (unpaired) electrons. The van der Waals surface area contributed by atoms with Crippen molar-refractivity contribution in [2.24, 2.45) is 5.84 Å². The maximum Gasteiger partial charge on any atom is 0.356 e. The van der Waals surface area contributed by atoms with E-state index >= 15 is 0 Å². The molecule has 0 fully saturated rings. The summed E-state index contributed by atoms with van der Waals surface area (Å²) in [5, 5.41) is 1.59. The van der Waals surface area contributed by atoms with Gasteiger partial charge in [-0.2, -0.15) is 9.97 Å². The van der Waals surface area contributed by atoms with Crippen molar-refractivity contribution < 1.29 is 0 Å². The van der Waals surface area contributed by atoms with E-state index in [0.29, 0.717) is 22.4 Å². The standard InChI is InChI=1S/C15H13ClN6O/c1-10-19-14(22(17)13-8-4-5-9-18-13)20-15(23)21(10)12-7-3-2-6-11(12)16/h2-9H,17H2,1H3. The Kier molecular flexibility index (Phi) is 4.05. The third-order valence-electron chi connectivity index (χ3n) is 3.18. The topological polar surface area (TPSA) is 89.9 Å². The number of rotatable bonds is 3. The Morgan fingerprint density at radius 2 is 1.87 bits per heavy atom. The molecule has 8 heteroatoms. The van der Waals surface area contributed by atoms with Crippen LogP contribution in [-0.4, -0.2) is 19.5 Å². The van der Waals surface area contributed by atoms with Crippen LogP contribution in [0.15, 0.2) is 53.5 Å². The summed E-state index contributed by atoms with van der Waals surface area (Å²) in [6, 6.07) is 12.2. The summed E-state index contributed by atoms with van der Waals surface area (Å²) in [7, 11) is 0. The first kappa shape index (κ1) is 15.1. The normalized spacial score (nSPS) is 10.6. The van der Waals surface area contributed by atoms with Gasteiger partial charge in [0, 0.05) is 6.20 Å². The van der Waals surface area contributed by atoms with Crippen LogP contribution in [0.4, 0.5) is 11.8 Å². The Bertz CT molecular complexity index is 896. The number of halogens is 1. The highest BCUT2D eigenvalue weighted by Crippen LogP contribution is 2.20. The number of para-hydroxylation sites is 1. The molecule has 0 aliphatic rings. The molecule has 3 rings (SSSR count). The molecule has 0 bridgehead atoms. The lowest BCUT2D eigenvalue weighted by Gasteiger charge is -2.17. The fourth-order valence-corrected chi connectivity index (χ4v) is 2.33. The first-order valence-corrected chi connectivity index (χ1v) is 7.14. The summed E-state index contributed by atoms with van der Waals surface area (Å²) in [6.07, 6.45) is 1.59. The minimum Gasteiger partial charge on any atom is -0.247 e. The fourth-order valence-electron chi connectivity index (χ4n) is 2.11. The second-order valence-electron chi connectivity index (χ2n) is 4.70. The van der Waals surface area contributed by atoms with Crippen molar-refractivity contribution in [3.63, 3.8) is 0 Å². The first-order valence-electron chi connectivity index (χ1n) is 6.76. The van der Waals surface area contributed by atoms with Crippen molar-refractivity contribution in [2.45, 2.75) is 6.92 Å². The van der Waals surface area contributed by atoms with Crippen LogP contribution in [0.5, 0.6) is 0 Å². The van der Waals surface area contributed by atoms with Crippen LogP contribution in [-0.2, 0) is 0 Å². The molecule has 0 unspecified atom stereocenters. The summed E-state index contributed by atoms with van der Waals surface area (Å²) in [4.78, 5) is 24.7. The molecule has 116 valence electrons. The summed E-state index contributed by atoms with van der Waals surface area (Å²) >= 11 is 6.14. The van der Waals surface area contributed by atoms with Crippen LogP contribution >= 0.6 is 11.6 Å². The van der Waals surface area contributed by atoms with Crippen molar-refractivity contribution in [1.82, 2.24) is 19.5 Å². The average molecular weight is 329 g/mol. The lowest BCUT2D eigenvalue weighted by molar-refractivity contribution is 0.788. The Hall–Kier alpha value is -2.77. The number of anilines is 2. The zero-order chi connectivity index (χ0) is 16.4. The molecule has 0 amide bonds. The maximum absolute atomic E-state index is 12.4. The number of aromatic nitrogens is 4. The van der Waals surface area contributed by atoms with Crippen LogP contribution in [0.3, 0.4) is 0 Å². The predicted octanol–water partition coefficient (Wildman–Crippen LogP) is 2.00. The summed E-state index contributed by atoms with van der Waals surface area (Å²) < 4.78 is 1.33. The monoisotopic (exact) mass is 328 g/mol. The van der Waals surface area contributed by atoms with E-state index in [1.54, 1.807) is 55.6 Å². The van der Waals surface area contributed by atoms with E-state index in [9.17, 15) is 4.79 Å². The van der Waals surface area contributed by atoms with Crippen LogP contribution in [0.25, 0.3) is 5.69 Å². The molecule has 0 aliphatic heterocycles. The minimum absolute atomic E-state index is 0.0644. The number of hydrogen-bond donors (Lipinski definition) is 1. The minimum atomic E-state index is -0.521. The largest absolute Gasteiger partial charge is 0.356 e. The van der Waals surface area contributed by atoms with E-state index in [2.05, 4.69) is 15.0 Å². The van der Waals surface area contributed by atoms with Crippen LogP contribution < -0.4 is 16.5 Å². The van der Waals surface area contributed by atoms with Gasteiger partial charge in [-0.1, -0.05) is 29.8 Å². The maximum atomic E-state index is 12.4. The molecular weight excluding hydrogens is 316 g/mol. The Balaban J connectivity index is 2.09. The molecule has 0 saturated heterocycles. The van der Waals surface area contributed by atoms with E-state index < -0.39 is 5.69 Å². The van der Waals surface area contributed by atoms with E-state index in [-0.39, 0.29) is 5.95 Å². The van der Waals surface area contributed by atoms with E-state index in [1.807, 2.05) is 0 Å². The quantitative estimate of drug-likeness (QED) is 0.584. The molecule has 2 aromatic heterocycles. The summed E-state index contributed by atoms with van der Waals surface area (Å²) in [5.74, 6) is 6.86. The van der Waals surface area contributed by atoms with Crippen molar-refractivity contribution >= 4 is 23.4 Å². The number of hydrogen-bond acceptors (Lipinski definition) is 6. The smallest absolute Gasteiger partial charge is 0.247 e. The van der Waals surface area contributed by atoms with Crippen LogP contribution in [0, 0.1) is 6.92 Å². The number of nitrogens with zero attached hydrogens (tertiary/aromatic N) is 5. The second kappa shape index (κ2) is 6.15. The molecule has 1 aromatic carbocycles. The van der Waals surface area contributed by atoms with Gasteiger partial charge in [-0.3, -0.25) is 0 Å². The second-order valence-corrected chi connectivity index (χ2v) is 5.11. The highest BCUT2D eigenvalue weighted by atomic mass is 35.5. The molecule has 0 atom stereocenters. The number of pyridine rings is 1. The lowest BCUT2D eigenvalue weighted by atomic mass is 10.3. The molecule has 23 heavy (non-hydrogen) atoms. The van der Waals surface area contributed by atoms with Gasteiger partial charge in [0.25, 0.3) is 5.95 Å². The Labute approximate surface area is 137 Å². The molecular formula is C15H13ClN6O. The van der Waals surface area contributed by atoms with Crippen molar-refractivity contribution in [2.75, 3.05) is 5.01 Å². The van der Waals surface area contributed by atoms with Gasteiger partial charge in [-0.25, -0.2) is 25.2 Å². The third kappa shape index (κ3) is 2.92. The molecule has 0 spiro atoms. The van der Waals surface area contributed by atoms with E-state index in [1.165, 1.54) is 4.57 Å². The van der Waals surface area contributed by atoms with E-state index in [0.717, 1.165) is 5.01 Å². The van der Waals surface area contributed by atoms with Gasteiger partial charge in [0.05, 0.1) is 10.7 Å². The molecule has 2 N–H and O–H groups in total. The third-order valence-corrected chi connectivity index (χ3v) is 3.50. The molecule has 7 nitrogen and oxygen atoms in total. The number of hydrazine groups is 1. The van der Waals surface area contributed by atoms with Crippen molar-refractivity contribution in [1.29, 1.82) is 0 Å². The van der Waals surface area contributed by atoms with Gasteiger partial charge >= 0.3 is 5.69 Å². The van der Waals surface area contributed by atoms with Gasteiger partial charge in [-0.15, -0.1) is 0 Å². The highest BCUT2D eigenvalue weighted by molar-refractivity contribution is 6.32. The zero-order valence-corrected chi connectivity index (χ0v) is 13.0. The fraction of sp³-hybridized carbons (Fsp3) is 0.0667. The zero-order valence-electron chi connectivity index (χ0n) is 12.2. The molecule has 2 heterocycles. The van der Waals surface area contributed by atoms with Gasteiger partial charge in [0.2, 0.25) is 0 Å². The molecule has 3 aromatic rings. The molecule has 0 aliphatic carbocycles. The number of nitrogens with two attached hydrogens (primary N) is 1. The summed E-state index contributed by atoms with van der Waals surface area (Å²) in [6.45, 7) is 1.68. The van der Waals surface area contributed by atoms with Gasteiger partial charge in [0.1, 0.15) is 11.6 Å². The van der Waals surface area contributed by atoms with Crippen molar-refractivity contribution in [3.05, 3.63) is 70.0 Å². The molecule has 0 saturated carbocycles. The van der Waals surface area contributed by atoms with E-state index in [4.69, 9.17) is 17.4 Å². The Morgan fingerprint density at radius 3 is 2.52 bits per heavy atom. The Morgan fingerprint density at radius 1 is 1.13 bits per heavy atom. The van der Waals surface area contributed by atoms with Crippen LogP contribution in [0.2, 0.25) is 5.02 Å². The number of aryl methyl sites for hydroxylation is 1. The lowest BCUT2D eigenvalue weighted by Crippen LogP contribution is -2.33. The average Bonchev–Trinajstić information content (AvgIpc) is 2.56.